The van der Waals surface area contributed by atoms with Crippen LogP contribution in [0.3, 0.4) is 0 Å². The van der Waals surface area contributed by atoms with Crippen molar-refractivity contribution in [2.24, 2.45) is 5.41 Å². The average molecular weight is 329 g/mol. The van der Waals surface area contributed by atoms with Crippen LogP contribution >= 0.6 is 0 Å². The van der Waals surface area contributed by atoms with Gasteiger partial charge in [-0.25, -0.2) is 0 Å². The maximum absolute atomic E-state index is 13.2. The molecule has 0 aliphatic heterocycles. The van der Waals surface area contributed by atoms with Crippen LogP contribution in [0.1, 0.15) is 52.7 Å². The van der Waals surface area contributed by atoms with Crippen molar-refractivity contribution >= 4 is 5.78 Å². The van der Waals surface area contributed by atoms with Crippen molar-refractivity contribution in [1.29, 1.82) is 0 Å². The van der Waals surface area contributed by atoms with Crippen LogP contribution in [-0.4, -0.2) is 17.4 Å². The predicted octanol–water partition coefficient (Wildman–Crippen LogP) is 4.62. The summed E-state index contributed by atoms with van der Waals surface area (Å²) in [6, 6.07) is 4.77. The van der Waals surface area contributed by atoms with E-state index in [1.165, 1.54) is 12.1 Å². The molecule has 0 heterocycles. The SMILES string of the molecule is CC(C)(C)N[C@@H](Cc1ccccc1C(F)(F)F)C(=O)C(C)(C)C. The Labute approximate surface area is 136 Å². The number of hydrogen-bond acceptors (Lipinski definition) is 2. The minimum Gasteiger partial charge on any atom is -0.302 e. The molecule has 0 aromatic heterocycles. The lowest BCUT2D eigenvalue weighted by Crippen LogP contribution is -2.52. The Morgan fingerprint density at radius 1 is 1.04 bits per heavy atom. The van der Waals surface area contributed by atoms with Gasteiger partial charge in [-0.05, 0) is 38.8 Å². The average Bonchev–Trinajstić information content (AvgIpc) is 2.33. The normalized spacial score (nSPS) is 14.7. The second-order valence-electron chi connectivity index (χ2n) is 7.92. The van der Waals surface area contributed by atoms with Crippen molar-refractivity contribution in [2.45, 2.75) is 65.7 Å². The first kappa shape index (κ1) is 19.7. The van der Waals surface area contributed by atoms with E-state index in [9.17, 15) is 18.0 Å². The molecule has 5 heteroatoms. The number of Topliss-reactive ketones (excluding diaryl/α,β-unsaturated/α-hetero) is 1. The summed E-state index contributed by atoms with van der Waals surface area (Å²) in [5, 5.41) is 3.17. The zero-order chi connectivity index (χ0) is 18.1. The molecule has 0 saturated heterocycles. The number of alkyl halides is 3. The highest BCUT2D eigenvalue weighted by Crippen LogP contribution is 2.33. The molecular formula is C18H26F3NO. The highest BCUT2D eigenvalue weighted by molar-refractivity contribution is 5.89. The number of hydrogen-bond donors (Lipinski definition) is 1. The largest absolute Gasteiger partial charge is 0.416 e. The number of carbonyl (C=O) groups excluding carboxylic acids is 1. The summed E-state index contributed by atoms with van der Waals surface area (Å²) in [7, 11) is 0. The minimum atomic E-state index is -4.42. The standard InChI is InChI=1S/C18H26F3NO/c1-16(2,3)15(23)14(22-17(4,5)6)11-12-9-7-8-10-13(12)18(19,20)21/h7-10,14,22H,11H2,1-6H3/t14-/m0/s1. The molecule has 1 rings (SSSR count). The molecule has 0 unspecified atom stereocenters. The van der Waals surface area contributed by atoms with Gasteiger partial charge in [0.1, 0.15) is 0 Å². The van der Waals surface area contributed by atoms with Gasteiger partial charge in [-0.2, -0.15) is 13.2 Å². The molecule has 1 N–H and O–H groups in total. The summed E-state index contributed by atoms with van der Waals surface area (Å²) in [6.07, 6.45) is -4.41. The summed E-state index contributed by atoms with van der Waals surface area (Å²) in [6.45, 7) is 11.0. The fourth-order valence-electron chi connectivity index (χ4n) is 2.45. The molecule has 23 heavy (non-hydrogen) atoms. The molecule has 0 fully saturated rings. The summed E-state index contributed by atoms with van der Waals surface area (Å²) >= 11 is 0. The Morgan fingerprint density at radius 2 is 1.57 bits per heavy atom. The molecule has 2 nitrogen and oxygen atoms in total. The fraction of sp³-hybridized carbons (Fsp3) is 0.611. The van der Waals surface area contributed by atoms with E-state index in [1.54, 1.807) is 26.8 Å². The third-order valence-corrected chi connectivity index (χ3v) is 3.41. The Kier molecular flexibility index (Phi) is 5.68. The smallest absolute Gasteiger partial charge is 0.302 e. The Morgan fingerprint density at radius 3 is 2.00 bits per heavy atom. The first-order chi connectivity index (χ1) is 10.2. The second kappa shape index (κ2) is 6.63. The van der Waals surface area contributed by atoms with Gasteiger partial charge in [-0.15, -0.1) is 0 Å². The fourth-order valence-corrected chi connectivity index (χ4v) is 2.45. The first-order valence-electron chi connectivity index (χ1n) is 7.69. The maximum atomic E-state index is 13.2. The van der Waals surface area contributed by atoms with E-state index in [0.29, 0.717) is 0 Å². The topological polar surface area (TPSA) is 29.1 Å². The van der Waals surface area contributed by atoms with Gasteiger partial charge < -0.3 is 5.32 Å². The molecule has 1 aromatic carbocycles. The van der Waals surface area contributed by atoms with Crippen molar-refractivity contribution in [1.82, 2.24) is 5.32 Å². The van der Waals surface area contributed by atoms with E-state index in [2.05, 4.69) is 5.32 Å². The molecule has 0 radical (unpaired) electrons. The Hall–Kier alpha value is -1.36. The highest BCUT2D eigenvalue weighted by Gasteiger charge is 2.36. The van der Waals surface area contributed by atoms with Crippen LogP contribution in [0.25, 0.3) is 0 Å². The van der Waals surface area contributed by atoms with Gasteiger partial charge in [0, 0.05) is 11.0 Å². The molecule has 1 aromatic rings. The lowest BCUT2D eigenvalue weighted by molar-refractivity contribution is -0.138. The van der Waals surface area contributed by atoms with Gasteiger partial charge in [0.2, 0.25) is 0 Å². The van der Waals surface area contributed by atoms with E-state index in [-0.39, 0.29) is 23.3 Å². The predicted molar refractivity (Wildman–Crippen MR) is 86.3 cm³/mol. The van der Waals surface area contributed by atoms with Crippen molar-refractivity contribution in [3.63, 3.8) is 0 Å². The Bertz CT molecular complexity index is 551. The minimum absolute atomic E-state index is 0.0169. The summed E-state index contributed by atoms with van der Waals surface area (Å²) in [4.78, 5) is 12.7. The van der Waals surface area contributed by atoms with E-state index in [4.69, 9.17) is 0 Å². The molecule has 0 aliphatic carbocycles. The lowest BCUT2D eigenvalue weighted by Gasteiger charge is -2.32. The quantitative estimate of drug-likeness (QED) is 0.873. The van der Waals surface area contributed by atoms with Gasteiger partial charge >= 0.3 is 6.18 Å². The van der Waals surface area contributed by atoms with E-state index >= 15 is 0 Å². The van der Waals surface area contributed by atoms with Crippen LogP contribution in [0.15, 0.2) is 24.3 Å². The summed E-state index contributed by atoms with van der Waals surface area (Å²) in [5.41, 5.74) is -1.55. The highest BCUT2D eigenvalue weighted by atomic mass is 19.4. The third kappa shape index (κ3) is 5.98. The van der Waals surface area contributed by atoms with Gasteiger partial charge in [-0.3, -0.25) is 4.79 Å². The molecule has 0 spiro atoms. The summed E-state index contributed by atoms with van der Waals surface area (Å²) in [5.74, 6) is -0.0931. The van der Waals surface area contributed by atoms with E-state index in [1.807, 2.05) is 20.8 Å². The molecular weight excluding hydrogens is 303 g/mol. The van der Waals surface area contributed by atoms with Crippen molar-refractivity contribution in [3.05, 3.63) is 35.4 Å². The van der Waals surface area contributed by atoms with Crippen LogP contribution < -0.4 is 5.32 Å². The zero-order valence-corrected chi connectivity index (χ0v) is 14.6. The lowest BCUT2D eigenvalue weighted by atomic mass is 9.83. The van der Waals surface area contributed by atoms with E-state index < -0.39 is 23.2 Å². The van der Waals surface area contributed by atoms with Crippen molar-refractivity contribution in [3.8, 4) is 0 Å². The number of benzene rings is 1. The van der Waals surface area contributed by atoms with Crippen molar-refractivity contribution in [2.75, 3.05) is 0 Å². The van der Waals surface area contributed by atoms with Gasteiger partial charge in [0.25, 0.3) is 0 Å². The number of carbonyl (C=O) groups is 1. The van der Waals surface area contributed by atoms with Crippen LogP contribution in [0.4, 0.5) is 13.2 Å². The van der Waals surface area contributed by atoms with Gasteiger partial charge in [-0.1, -0.05) is 39.0 Å². The van der Waals surface area contributed by atoms with Crippen LogP contribution in [0, 0.1) is 5.41 Å². The van der Waals surface area contributed by atoms with Crippen LogP contribution in [0.2, 0.25) is 0 Å². The molecule has 0 amide bonds. The molecule has 1 atom stereocenters. The summed E-state index contributed by atoms with van der Waals surface area (Å²) < 4.78 is 39.5. The van der Waals surface area contributed by atoms with Crippen molar-refractivity contribution < 1.29 is 18.0 Å². The maximum Gasteiger partial charge on any atom is 0.416 e. The van der Waals surface area contributed by atoms with Gasteiger partial charge in [0.05, 0.1) is 11.6 Å². The number of rotatable bonds is 4. The number of nitrogens with one attached hydrogen (secondary N) is 1. The van der Waals surface area contributed by atoms with E-state index in [0.717, 1.165) is 6.07 Å². The molecule has 0 saturated carbocycles. The monoisotopic (exact) mass is 329 g/mol. The Balaban J connectivity index is 3.19. The first-order valence-corrected chi connectivity index (χ1v) is 7.69. The van der Waals surface area contributed by atoms with Gasteiger partial charge in [0.15, 0.2) is 5.78 Å². The van der Waals surface area contributed by atoms with Crippen LogP contribution in [0.5, 0.6) is 0 Å². The molecule has 0 aliphatic rings. The number of halogens is 3. The third-order valence-electron chi connectivity index (χ3n) is 3.41. The molecule has 0 bridgehead atoms. The molecule has 130 valence electrons. The van der Waals surface area contributed by atoms with Crippen LogP contribution in [-0.2, 0) is 17.4 Å². The zero-order valence-electron chi connectivity index (χ0n) is 14.6. The number of ketones is 1. The second-order valence-corrected chi connectivity index (χ2v) is 7.92.